The Morgan fingerprint density at radius 2 is 1.72 bits per heavy atom. The van der Waals surface area contributed by atoms with Crippen LogP contribution < -0.4 is 22.7 Å². The molecule has 0 radical (unpaired) electrons. The summed E-state index contributed by atoms with van der Waals surface area (Å²) in [7, 11) is 2.62. The maximum Gasteiger partial charge on any atom is 0.333 e. The zero-order valence-corrected chi connectivity index (χ0v) is 10.2. The molecule has 0 aromatic carbocycles. The first-order valence-corrected chi connectivity index (χ1v) is 4.90. The molecule has 0 spiro atoms. The van der Waals surface area contributed by atoms with Crippen LogP contribution in [0, 0.1) is 0 Å². The van der Waals surface area contributed by atoms with Crippen LogP contribution in [0.25, 0.3) is 0 Å². The van der Waals surface area contributed by atoms with E-state index in [1.165, 1.54) is 21.0 Å². The molecule has 0 aliphatic rings. The van der Waals surface area contributed by atoms with Crippen LogP contribution >= 0.6 is 0 Å². The minimum absolute atomic E-state index is 0.0945. The largest absolute Gasteiger partial charge is 0.494 e. The molecule has 9 heteroatoms. The molecule has 98 valence electrons. The number of rotatable bonds is 2. The second-order valence-corrected chi connectivity index (χ2v) is 3.61. The van der Waals surface area contributed by atoms with Gasteiger partial charge in [-0.15, -0.1) is 5.10 Å². The number of nitrogens with zero attached hydrogens (tertiary/aromatic N) is 4. The standard InChI is InChI=1S/C9H14N6O3/c1-4(12-13-8(10)11)5-6(16)14(2)9(18)15(3)7(5)17/h16H,1-3H3,(H4,10,11,13). The monoisotopic (exact) mass is 254 g/mol. The molecular formula is C9H14N6O3. The minimum atomic E-state index is -0.678. The highest BCUT2D eigenvalue weighted by molar-refractivity contribution is 6.00. The number of hydrogen-bond donors (Lipinski definition) is 3. The predicted octanol–water partition coefficient (Wildman–Crippen LogP) is -2.21. The Balaban J connectivity index is 3.63. The van der Waals surface area contributed by atoms with Gasteiger partial charge in [0.1, 0.15) is 5.56 Å². The fraction of sp³-hybridized carbons (Fsp3) is 0.333. The molecule has 5 N–H and O–H groups in total. The quantitative estimate of drug-likeness (QED) is 0.311. The molecule has 0 aliphatic carbocycles. The van der Waals surface area contributed by atoms with Crippen LogP contribution in [0.2, 0.25) is 0 Å². The van der Waals surface area contributed by atoms with Crippen LogP contribution in [0.1, 0.15) is 12.5 Å². The maximum absolute atomic E-state index is 11.8. The highest BCUT2D eigenvalue weighted by Crippen LogP contribution is 2.09. The lowest BCUT2D eigenvalue weighted by Gasteiger charge is -2.09. The molecule has 9 nitrogen and oxygen atoms in total. The summed E-state index contributed by atoms with van der Waals surface area (Å²) in [5.41, 5.74) is 8.84. The molecule has 0 unspecified atom stereocenters. The van der Waals surface area contributed by atoms with Gasteiger partial charge in [0.15, 0.2) is 0 Å². The molecular weight excluding hydrogens is 240 g/mol. The number of hydrogen-bond acceptors (Lipinski definition) is 5. The number of aromatic hydroxyl groups is 1. The molecule has 18 heavy (non-hydrogen) atoms. The summed E-state index contributed by atoms with van der Waals surface area (Å²) < 4.78 is 1.77. The van der Waals surface area contributed by atoms with Crippen molar-refractivity contribution in [2.45, 2.75) is 6.92 Å². The second kappa shape index (κ2) is 4.73. The topological polar surface area (TPSA) is 141 Å². The van der Waals surface area contributed by atoms with E-state index in [-0.39, 0.29) is 17.2 Å². The lowest BCUT2D eigenvalue weighted by atomic mass is 10.2. The van der Waals surface area contributed by atoms with E-state index in [0.717, 1.165) is 9.13 Å². The average molecular weight is 254 g/mol. The first-order valence-electron chi connectivity index (χ1n) is 4.90. The molecule has 0 bridgehead atoms. The summed E-state index contributed by atoms with van der Waals surface area (Å²) in [6.45, 7) is 1.44. The van der Waals surface area contributed by atoms with E-state index in [1.807, 2.05) is 0 Å². The van der Waals surface area contributed by atoms with Crippen molar-refractivity contribution < 1.29 is 5.11 Å². The van der Waals surface area contributed by atoms with E-state index >= 15 is 0 Å². The molecule has 0 atom stereocenters. The van der Waals surface area contributed by atoms with E-state index in [0.29, 0.717) is 0 Å². The molecule has 0 amide bonds. The normalized spacial score (nSPS) is 11.4. The summed E-state index contributed by atoms with van der Waals surface area (Å²) in [4.78, 5) is 23.4. The van der Waals surface area contributed by atoms with Gasteiger partial charge in [0.25, 0.3) is 5.56 Å². The summed E-state index contributed by atoms with van der Waals surface area (Å²) in [5, 5.41) is 16.7. The van der Waals surface area contributed by atoms with Gasteiger partial charge in [-0.05, 0) is 6.92 Å². The molecule has 1 aromatic rings. The first kappa shape index (κ1) is 13.5. The molecule has 1 rings (SSSR count). The third kappa shape index (κ3) is 2.24. The summed E-state index contributed by atoms with van der Waals surface area (Å²) >= 11 is 0. The first-order chi connectivity index (χ1) is 8.27. The lowest BCUT2D eigenvalue weighted by molar-refractivity contribution is 0.410. The van der Waals surface area contributed by atoms with Gasteiger partial charge in [0.05, 0.1) is 5.71 Å². The van der Waals surface area contributed by atoms with Crippen LogP contribution in [0.15, 0.2) is 19.8 Å². The van der Waals surface area contributed by atoms with Gasteiger partial charge in [0, 0.05) is 14.1 Å². The van der Waals surface area contributed by atoms with Crippen molar-refractivity contribution in [2.24, 2.45) is 35.8 Å². The van der Waals surface area contributed by atoms with Gasteiger partial charge < -0.3 is 16.6 Å². The maximum atomic E-state index is 11.8. The molecule has 0 saturated heterocycles. The van der Waals surface area contributed by atoms with Gasteiger partial charge >= 0.3 is 5.69 Å². The van der Waals surface area contributed by atoms with Gasteiger partial charge in [0.2, 0.25) is 11.8 Å². The Hall–Kier alpha value is -2.58. The highest BCUT2D eigenvalue weighted by atomic mass is 16.3. The second-order valence-electron chi connectivity index (χ2n) is 3.61. The van der Waals surface area contributed by atoms with Gasteiger partial charge in [-0.25, -0.2) is 4.79 Å². The lowest BCUT2D eigenvalue weighted by Crippen LogP contribution is -2.39. The third-order valence-electron chi connectivity index (χ3n) is 2.31. The fourth-order valence-electron chi connectivity index (χ4n) is 1.33. The Morgan fingerprint density at radius 3 is 2.22 bits per heavy atom. The van der Waals surface area contributed by atoms with Gasteiger partial charge in [-0.3, -0.25) is 13.9 Å². The Kier molecular flexibility index (Phi) is 3.55. The van der Waals surface area contributed by atoms with Gasteiger partial charge in [-0.1, -0.05) is 0 Å². The predicted molar refractivity (Wildman–Crippen MR) is 66.6 cm³/mol. The van der Waals surface area contributed by atoms with Crippen molar-refractivity contribution in [3.63, 3.8) is 0 Å². The molecule has 0 saturated carbocycles. The Morgan fingerprint density at radius 1 is 1.17 bits per heavy atom. The molecule has 0 fully saturated rings. The molecule has 1 aromatic heterocycles. The van der Waals surface area contributed by atoms with E-state index < -0.39 is 17.1 Å². The van der Waals surface area contributed by atoms with Crippen LogP contribution in [0.3, 0.4) is 0 Å². The third-order valence-corrected chi connectivity index (χ3v) is 2.31. The van der Waals surface area contributed by atoms with Crippen molar-refractivity contribution in [3.8, 4) is 5.88 Å². The van der Waals surface area contributed by atoms with Crippen molar-refractivity contribution in [3.05, 3.63) is 26.4 Å². The summed E-state index contributed by atoms with van der Waals surface area (Å²) in [6.07, 6.45) is 0. The van der Waals surface area contributed by atoms with Crippen molar-refractivity contribution in [1.82, 2.24) is 9.13 Å². The minimum Gasteiger partial charge on any atom is -0.494 e. The van der Waals surface area contributed by atoms with E-state index in [2.05, 4.69) is 10.2 Å². The number of aromatic nitrogens is 2. The van der Waals surface area contributed by atoms with Crippen LogP contribution in [0.5, 0.6) is 5.88 Å². The smallest absolute Gasteiger partial charge is 0.333 e. The van der Waals surface area contributed by atoms with E-state index in [1.54, 1.807) is 0 Å². The Bertz CT molecular complexity index is 647. The summed E-state index contributed by atoms with van der Waals surface area (Å²) in [5.74, 6) is -0.773. The van der Waals surface area contributed by atoms with Crippen molar-refractivity contribution in [2.75, 3.05) is 0 Å². The summed E-state index contributed by atoms with van der Waals surface area (Å²) in [6, 6.07) is 0. The fourth-order valence-corrected chi connectivity index (χ4v) is 1.33. The number of guanidine groups is 1. The van der Waals surface area contributed by atoms with E-state index in [9.17, 15) is 14.7 Å². The Labute approximate surface area is 102 Å². The van der Waals surface area contributed by atoms with Crippen molar-refractivity contribution in [1.29, 1.82) is 0 Å². The zero-order chi connectivity index (χ0) is 14.0. The number of nitrogens with two attached hydrogens (primary N) is 2. The zero-order valence-electron chi connectivity index (χ0n) is 10.2. The SMILES string of the molecule is CC(=NN=C(N)N)c1c(O)n(C)c(=O)n(C)c1=O. The van der Waals surface area contributed by atoms with Crippen molar-refractivity contribution >= 4 is 11.7 Å². The van der Waals surface area contributed by atoms with Gasteiger partial charge in [-0.2, -0.15) is 5.10 Å². The molecule has 1 heterocycles. The van der Waals surface area contributed by atoms with Crippen LogP contribution in [-0.2, 0) is 14.1 Å². The van der Waals surface area contributed by atoms with Crippen LogP contribution in [-0.4, -0.2) is 25.9 Å². The molecule has 0 aliphatic heterocycles. The highest BCUT2D eigenvalue weighted by Gasteiger charge is 2.17. The van der Waals surface area contributed by atoms with E-state index in [4.69, 9.17) is 11.5 Å². The average Bonchev–Trinajstić information content (AvgIpc) is 2.31. The van der Waals surface area contributed by atoms with Crippen LogP contribution in [0.4, 0.5) is 0 Å².